The van der Waals surface area contributed by atoms with Crippen LogP contribution in [-0.4, -0.2) is 4.57 Å². The van der Waals surface area contributed by atoms with Crippen LogP contribution in [0.2, 0.25) is 0 Å². The average molecular weight is 280 g/mol. The lowest BCUT2D eigenvalue weighted by Gasteiger charge is -2.18. The summed E-state index contributed by atoms with van der Waals surface area (Å²) in [4.78, 5) is 13.0. The van der Waals surface area contributed by atoms with Gasteiger partial charge in [0, 0.05) is 22.6 Å². The Morgan fingerprint density at radius 2 is 1.95 bits per heavy atom. The summed E-state index contributed by atoms with van der Waals surface area (Å²) in [5.41, 5.74) is 9.04. The lowest BCUT2D eigenvalue weighted by Crippen LogP contribution is -2.48. The number of rotatable bonds is 2. The van der Waals surface area contributed by atoms with E-state index in [0.717, 1.165) is 34.7 Å². The maximum absolute atomic E-state index is 13.0. The van der Waals surface area contributed by atoms with Gasteiger partial charge in [-0.1, -0.05) is 29.8 Å². The minimum atomic E-state index is -0.196. The molecule has 1 aliphatic carbocycles. The molecule has 0 fully saturated rings. The van der Waals surface area contributed by atoms with Gasteiger partial charge >= 0.3 is 0 Å². The molecule has 1 heterocycles. The molecule has 2 N–H and O–H groups in total. The van der Waals surface area contributed by atoms with Crippen LogP contribution in [0.1, 0.15) is 38.4 Å². The molecule has 0 aliphatic heterocycles. The molecule has 0 radical (unpaired) electrons. The first kappa shape index (κ1) is 13.8. The second-order valence-corrected chi connectivity index (χ2v) is 5.69. The van der Waals surface area contributed by atoms with Crippen LogP contribution in [0.5, 0.6) is 0 Å². The lowest BCUT2D eigenvalue weighted by atomic mass is 10.0. The first-order valence-corrected chi connectivity index (χ1v) is 7.36. The third-order valence-corrected chi connectivity index (χ3v) is 4.06. The van der Waals surface area contributed by atoms with Gasteiger partial charge in [-0.3, -0.25) is 9.36 Å². The molecule has 1 atom stereocenters. The van der Waals surface area contributed by atoms with Gasteiger partial charge in [0.2, 0.25) is 0 Å². The average Bonchev–Trinajstić information content (AvgIpc) is 2.47. The highest BCUT2D eigenvalue weighted by Gasteiger charge is 2.14. The van der Waals surface area contributed by atoms with Crippen molar-refractivity contribution in [2.75, 3.05) is 0 Å². The first-order valence-electron chi connectivity index (χ1n) is 7.36. The van der Waals surface area contributed by atoms with Crippen LogP contribution >= 0.6 is 0 Å². The fraction of sp³-hybridized carbons (Fsp3) is 0.278. The molecule has 3 rings (SSSR count). The molecule has 2 aromatic rings. The van der Waals surface area contributed by atoms with Gasteiger partial charge in [-0.2, -0.15) is 0 Å². The molecular formula is C18H20N2O. The second-order valence-electron chi connectivity index (χ2n) is 5.69. The number of pyridine rings is 1. The summed E-state index contributed by atoms with van der Waals surface area (Å²) in [5, 5.41) is 1.87. The number of nitrogens with zero attached hydrogens (tertiary/aromatic N) is 1. The lowest BCUT2D eigenvalue weighted by molar-refractivity contribution is 0.722. The maximum Gasteiger partial charge on any atom is 0.263 e. The summed E-state index contributed by atoms with van der Waals surface area (Å²) in [7, 11) is 0. The van der Waals surface area contributed by atoms with E-state index in [0.29, 0.717) is 0 Å². The van der Waals surface area contributed by atoms with Gasteiger partial charge in [-0.15, -0.1) is 0 Å². The fourth-order valence-corrected chi connectivity index (χ4v) is 2.99. The second kappa shape index (κ2) is 5.34. The van der Waals surface area contributed by atoms with E-state index in [-0.39, 0.29) is 11.6 Å². The highest BCUT2D eigenvalue weighted by molar-refractivity contribution is 5.50. The van der Waals surface area contributed by atoms with Crippen LogP contribution in [0.25, 0.3) is 17.3 Å². The molecule has 1 aromatic carbocycles. The minimum absolute atomic E-state index is 0.0412. The topological polar surface area (TPSA) is 48.0 Å². The number of aromatic nitrogens is 1. The molecule has 3 nitrogen and oxygen atoms in total. The third-order valence-electron chi connectivity index (χ3n) is 4.06. The van der Waals surface area contributed by atoms with Gasteiger partial charge in [0.05, 0.1) is 0 Å². The summed E-state index contributed by atoms with van der Waals surface area (Å²) >= 11 is 0. The molecule has 108 valence electrons. The van der Waals surface area contributed by atoms with E-state index in [1.165, 1.54) is 5.57 Å². The van der Waals surface area contributed by atoms with Gasteiger partial charge in [0.1, 0.15) is 0 Å². The summed E-state index contributed by atoms with van der Waals surface area (Å²) in [6, 6.07) is 11.6. The number of nitrogens with two attached hydrogens (primary N) is 1. The standard InChI is InChI=1S/C18H20N2O/c1-12-7-6-8-14-11-16(13(2)19)20(18(21)17(12)14)15-9-4-3-5-10-15/h3-5,8-11,13H,6-7,19H2,1-2H3/t13-/m0/s1. The van der Waals surface area contributed by atoms with Gasteiger partial charge in [0.15, 0.2) is 0 Å². The van der Waals surface area contributed by atoms with Crippen molar-refractivity contribution in [1.29, 1.82) is 0 Å². The third kappa shape index (κ3) is 2.34. The van der Waals surface area contributed by atoms with Crippen LogP contribution in [0.15, 0.2) is 41.2 Å². The van der Waals surface area contributed by atoms with Crippen LogP contribution in [0, 0.1) is 0 Å². The van der Waals surface area contributed by atoms with Crippen molar-refractivity contribution < 1.29 is 0 Å². The molecule has 0 saturated carbocycles. The van der Waals surface area contributed by atoms with Crippen molar-refractivity contribution >= 4 is 11.6 Å². The zero-order chi connectivity index (χ0) is 15.0. The van der Waals surface area contributed by atoms with Crippen LogP contribution in [0.4, 0.5) is 0 Å². The molecule has 0 unspecified atom stereocenters. The smallest absolute Gasteiger partial charge is 0.263 e. The Morgan fingerprint density at radius 3 is 2.62 bits per heavy atom. The van der Waals surface area contributed by atoms with Crippen molar-refractivity contribution in [2.24, 2.45) is 5.73 Å². The van der Waals surface area contributed by atoms with Crippen molar-refractivity contribution in [3.8, 4) is 5.69 Å². The molecule has 21 heavy (non-hydrogen) atoms. The first-order chi connectivity index (χ1) is 10.1. The zero-order valence-electron chi connectivity index (χ0n) is 12.5. The van der Waals surface area contributed by atoms with E-state index in [1.807, 2.05) is 44.2 Å². The predicted octanol–water partition coefficient (Wildman–Crippen LogP) is 1.60. The maximum atomic E-state index is 13.0. The number of para-hydroxylation sites is 1. The van der Waals surface area contributed by atoms with Crippen molar-refractivity contribution in [3.63, 3.8) is 0 Å². The van der Waals surface area contributed by atoms with E-state index in [9.17, 15) is 4.79 Å². The molecule has 0 saturated heterocycles. The highest BCUT2D eigenvalue weighted by atomic mass is 16.1. The highest BCUT2D eigenvalue weighted by Crippen LogP contribution is 2.13. The van der Waals surface area contributed by atoms with Crippen LogP contribution in [0.3, 0.4) is 0 Å². The fourth-order valence-electron chi connectivity index (χ4n) is 2.99. The van der Waals surface area contributed by atoms with Gasteiger partial charge in [-0.25, -0.2) is 0 Å². The zero-order valence-corrected chi connectivity index (χ0v) is 12.5. The number of hydrogen-bond donors (Lipinski definition) is 1. The van der Waals surface area contributed by atoms with E-state index >= 15 is 0 Å². The number of fused-ring (bicyclic) bond motifs is 1. The Balaban J connectivity index is 2.48. The Labute approximate surface area is 124 Å². The predicted molar refractivity (Wildman–Crippen MR) is 86.7 cm³/mol. The summed E-state index contributed by atoms with van der Waals surface area (Å²) in [6.45, 7) is 3.97. The van der Waals surface area contributed by atoms with E-state index in [2.05, 4.69) is 12.1 Å². The number of hydrogen-bond acceptors (Lipinski definition) is 2. The largest absolute Gasteiger partial charge is 0.323 e. The van der Waals surface area contributed by atoms with E-state index < -0.39 is 0 Å². The summed E-state index contributed by atoms with van der Waals surface area (Å²) < 4.78 is 1.76. The Bertz CT molecular complexity index is 845. The minimum Gasteiger partial charge on any atom is -0.323 e. The summed E-state index contributed by atoms with van der Waals surface area (Å²) in [6.07, 6.45) is 4.09. The van der Waals surface area contributed by atoms with Gasteiger partial charge in [-0.05, 0) is 50.1 Å². The van der Waals surface area contributed by atoms with Gasteiger partial charge < -0.3 is 5.73 Å². The molecule has 0 bridgehead atoms. The van der Waals surface area contributed by atoms with Crippen LogP contribution < -0.4 is 21.7 Å². The van der Waals surface area contributed by atoms with E-state index in [1.54, 1.807) is 4.57 Å². The molecule has 1 aromatic heterocycles. The van der Waals surface area contributed by atoms with Crippen molar-refractivity contribution in [1.82, 2.24) is 4.57 Å². The SMILES string of the molecule is CC1=c2c(cc([C@H](C)N)n(-c3ccccc3)c2=O)=CCC1. The van der Waals surface area contributed by atoms with Crippen molar-refractivity contribution in [3.05, 3.63) is 62.9 Å². The summed E-state index contributed by atoms with van der Waals surface area (Å²) in [5.74, 6) is 0. The quantitative estimate of drug-likeness (QED) is 0.908. The van der Waals surface area contributed by atoms with Crippen molar-refractivity contribution in [2.45, 2.75) is 32.7 Å². The monoisotopic (exact) mass is 280 g/mol. The molecule has 3 heteroatoms. The Kier molecular flexibility index (Phi) is 3.52. The Hall–Kier alpha value is -2.13. The molecule has 0 spiro atoms. The molecule has 1 aliphatic rings. The normalized spacial score (nSPS) is 15.3. The van der Waals surface area contributed by atoms with Crippen LogP contribution in [-0.2, 0) is 0 Å². The molecular weight excluding hydrogens is 260 g/mol. The Morgan fingerprint density at radius 1 is 1.24 bits per heavy atom. The number of benzene rings is 1. The van der Waals surface area contributed by atoms with Gasteiger partial charge in [0.25, 0.3) is 5.56 Å². The molecule has 0 amide bonds. The van der Waals surface area contributed by atoms with E-state index in [4.69, 9.17) is 5.73 Å².